The van der Waals surface area contributed by atoms with E-state index in [1.165, 1.54) is 85.6 Å². The Morgan fingerprint density at radius 2 is 0.762 bits per heavy atom. The molecule has 105 heavy (non-hydrogen) atoms. The highest BCUT2D eigenvalue weighted by atomic mass is 19.1. The van der Waals surface area contributed by atoms with Gasteiger partial charge in [0, 0.05) is 131 Å². The maximum absolute atomic E-state index is 14.0. The summed E-state index contributed by atoms with van der Waals surface area (Å²) < 4.78 is 14.0. The molecule has 12 aromatic rings. The average molecular weight is 1400 g/mol. The van der Waals surface area contributed by atoms with Crippen LogP contribution in [0.4, 0.5) is 79.9 Å². The van der Waals surface area contributed by atoms with Crippen molar-refractivity contribution in [2.45, 2.75) is 156 Å². The lowest BCUT2D eigenvalue weighted by Gasteiger charge is -2.16. The van der Waals surface area contributed by atoms with E-state index in [1.54, 1.807) is 12.1 Å². The number of nitrogens with zero attached hydrogens (tertiary/aromatic N) is 13. The van der Waals surface area contributed by atoms with Crippen LogP contribution in [0.15, 0.2) is 140 Å². The van der Waals surface area contributed by atoms with Crippen molar-refractivity contribution in [3.05, 3.63) is 242 Å². The minimum Gasteiger partial charge on any atom is -0.366 e. The van der Waals surface area contributed by atoms with E-state index in [2.05, 4.69) is 191 Å². The second kappa shape index (κ2) is 32.6. The number of aryl methyl sites for hydroxylation is 6. The first-order chi connectivity index (χ1) is 50.9. The van der Waals surface area contributed by atoms with Crippen LogP contribution in [-0.2, 0) is 13.1 Å². The van der Waals surface area contributed by atoms with Gasteiger partial charge in [-0.15, -0.1) is 6.42 Å². The molecule has 0 bridgehead atoms. The first-order valence-electron chi connectivity index (χ1n) is 35.5. The van der Waals surface area contributed by atoms with E-state index in [9.17, 15) is 4.39 Å². The van der Waals surface area contributed by atoms with Crippen LogP contribution in [0.1, 0.15) is 186 Å². The van der Waals surface area contributed by atoms with Gasteiger partial charge in [0.05, 0.1) is 6.57 Å². The third-order valence-corrected chi connectivity index (χ3v) is 17.9. The van der Waals surface area contributed by atoms with Gasteiger partial charge in [0.2, 0.25) is 0 Å². The normalized spacial score (nSPS) is 14.0. The Morgan fingerprint density at radius 3 is 1.12 bits per heavy atom. The van der Waals surface area contributed by atoms with E-state index < -0.39 is 0 Å². The Morgan fingerprint density at radius 1 is 0.419 bits per heavy atom. The van der Waals surface area contributed by atoms with Crippen LogP contribution < -0.4 is 42.5 Å². The van der Waals surface area contributed by atoms with Crippen molar-refractivity contribution in [3.8, 4) is 12.3 Å². The number of nitrogens with one attached hydrogen (secondary N) is 12. The van der Waals surface area contributed by atoms with E-state index in [4.69, 9.17) is 13.0 Å². The highest BCUT2D eigenvalue weighted by Gasteiger charge is 2.29. The molecule has 0 saturated heterocycles. The van der Waals surface area contributed by atoms with Gasteiger partial charge in [-0.2, -0.15) is 20.4 Å². The summed E-state index contributed by atoms with van der Waals surface area (Å²) >= 11 is 0. The van der Waals surface area contributed by atoms with Crippen molar-refractivity contribution in [1.29, 1.82) is 0 Å². The fraction of sp³-hybridized carbons (Fsp3) is 0.304. The van der Waals surface area contributed by atoms with E-state index in [0.717, 1.165) is 80.3 Å². The van der Waals surface area contributed by atoms with Crippen LogP contribution in [0.25, 0.3) is 4.85 Å². The van der Waals surface area contributed by atoms with E-state index in [1.807, 2.05) is 120 Å². The van der Waals surface area contributed by atoms with Gasteiger partial charge in [0.15, 0.2) is 29.0 Å². The molecule has 534 valence electrons. The first-order valence-corrected chi connectivity index (χ1v) is 35.5. The summed E-state index contributed by atoms with van der Waals surface area (Å²) in [6.07, 6.45) is 15.3. The number of hydrogen-bond acceptors (Lipinski definition) is 20. The molecule has 2 atom stereocenters. The number of H-pyrrole nitrogens is 4. The summed E-state index contributed by atoms with van der Waals surface area (Å²) in [7, 11) is 0. The topological polar surface area (TPSA) is 318 Å². The molecule has 12 N–H and O–H groups in total. The molecule has 0 spiro atoms. The summed E-state index contributed by atoms with van der Waals surface area (Å²) in [5, 5.41) is 55.9. The molecule has 2 unspecified atom stereocenters. The molecule has 8 aromatic heterocycles. The molecule has 16 rings (SSSR count). The van der Waals surface area contributed by atoms with Crippen molar-refractivity contribution in [2.75, 3.05) is 42.5 Å². The fourth-order valence-electron chi connectivity index (χ4n) is 11.6. The smallest absolute Gasteiger partial charge is 0.187 e. The van der Waals surface area contributed by atoms with Crippen LogP contribution in [0.2, 0.25) is 0 Å². The van der Waals surface area contributed by atoms with Gasteiger partial charge in [0.1, 0.15) is 75.7 Å². The second-order valence-corrected chi connectivity index (χ2v) is 27.2. The number of rotatable bonds is 24. The molecule has 0 amide bonds. The molecule has 26 heteroatoms. The molecule has 4 aliphatic rings. The van der Waals surface area contributed by atoms with Crippen molar-refractivity contribution in [2.24, 2.45) is 0 Å². The number of aromatic amines is 4. The van der Waals surface area contributed by atoms with Gasteiger partial charge in [0.25, 0.3) is 0 Å². The molecule has 0 radical (unpaired) electrons. The molecule has 4 fully saturated rings. The molecule has 4 saturated carbocycles. The van der Waals surface area contributed by atoms with Crippen LogP contribution >= 0.6 is 0 Å². The van der Waals surface area contributed by atoms with Crippen LogP contribution in [0.3, 0.4) is 0 Å². The molecular weight excluding hydrogens is 1320 g/mol. The van der Waals surface area contributed by atoms with E-state index in [0.29, 0.717) is 88.8 Å². The van der Waals surface area contributed by atoms with Crippen molar-refractivity contribution < 1.29 is 4.39 Å². The molecule has 4 aliphatic carbocycles. The number of benzene rings is 4. The predicted octanol–water partition coefficient (Wildman–Crippen LogP) is 17.4. The minimum absolute atomic E-state index is 0.0544. The van der Waals surface area contributed by atoms with E-state index in [-0.39, 0.29) is 17.9 Å². The molecule has 4 aromatic carbocycles. The Labute approximate surface area is 609 Å². The van der Waals surface area contributed by atoms with Gasteiger partial charge < -0.3 is 42.5 Å². The third-order valence-electron chi connectivity index (χ3n) is 17.9. The van der Waals surface area contributed by atoms with Gasteiger partial charge in [-0.1, -0.05) is 84.3 Å². The van der Waals surface area contributed by atoms with Crippen LogP contribution in [0.5, 0.6) is 0 Å². The second-order valence-electron chi connectivity index (χ2n) is 27.2. The quantitative estimate of drug-likeness (QED) is 0.0198. The van der Waals surface area contributed by atoms with Gasteiger partial charge in [-0.05, 0) is 147 Å². The number of aromatic nitrogens is 16. The standard InChI is InChI=1S/C20H21N7.C20H24N6.C20H20N6.C19H21FN6/c1-12(14-6-8-16(21-3)9-7-14)22-18-11-19(24-13(2)23-18)25-20-10-17(26-27-20)15-4-5-15;1-12-4-6-15(7-5-12)13(2)21-18-11-19(23-14(3)22-18)24-20-10-17(25-26-20)16-8-9-16;1-3-14-4-6-15(7-5-14)12-21-18-11-19(23-13(2)22-18)24-20-10-17(25-26-20)16-8-9-16;1-11-3-4-14(15(20)7-11)10-21-17-9-18(23-12(2)22-17)24-19-8-16(25-26-19)13-5-6-13/h6-12,15H,4-5H2,1-2H3,(H3,22,23,24,25,26,27);4-7,10-11,13,16H,8-9H2,1-3H3,(H3,21,22,23,24,25,26);1,4-7,10-11,16H,8-9,12H2,2H3,(H3,21,22,23,24,25,26);3-4,7-9,13H,5-6,10H2,1-2H3,(H3,21,22,23,24,25,26). The SMILES string of the molecule is C#Cc1ccc(CNc2cc(Nc3cc(C4CC4)[nH]n3)nc(C)n2)cc1.Cc1ccc(C(C)Nc2cc(Nc3cc(C4CC4)[nH]n3)nc(C)n2)cc1.Cc1ccc(CNc2cc(Nc3cc(C4CC4)[nH]n3)nc(C)n2)c(F)c1.[C-]#[N+]c1ccc(C(C)Nc2cc(Nc3cc(C4CC4)[nH]n3)nc(C)n2)cc1. The van der Waals surface area contributed by atoms with Crippen molar-refractivity contribution >= 4 is 75.5 Å². The van der Waals surface area contributed by atoms with Crippen molar-refractivity contribution in [3.63, 3.8) is 0 Å². The Kier molecular flexibility index (Phi) is 22.0. The van der Waals surface area contributed by atoms with Gasteiger partial charge >= 0.3 is 0 Å². The monoisotopic (exact) mass is 1400 g/mol. The Bertz CT molecular complexity index is 5010. The molecular formula is C79H86FN25. The number of halogens is 1. The van der Waals surface area contributed by atoms with Gasteiger partial charge in [-0.3, -0.25) is 20.4 Å². The highest BCUT2D eigenvalue weighted by Crippen LogP contribution is 2.42. The summed E-state index contributed by atoms with van der Waals surface area (Å²) in [5.74, 6) is 16.5. The average Bonchev–Trinajstić information content (AvgIpc) is 1.69. The zero-order valence-electron chi connectivity index (χ0n) is 60.1. The number of anilines is 12. The molecule has 8 heterocycles. The zero-order chi connectivity index (χ0) is 72.9. The first kappa shape index (κ1) is 70.8. The number of hydrogen-bond donors (Lipinski definition) is 12. The van der Waals surface area contributed by atoms with Crippen LogP contribution in [0, 0.1) is 66.3 Å². The van der Waals surface area contributed by atoms with Crippen LogP contribution in [-0.4, -0.2) is 80.7 Å². The summed E-state index contributed by atoms with van der Waals surface area (Å²) in [6, 6.07) is 45.1. The summed E-state index contributed by atoms with van der Waals surface area (Å²) in [5.41, 5.74) is 12.5. The van der Waals surface area contributed by atoms with E-state index >= 15 is 0 Å². The summed E-state index contributed by atoms with van der Waals surface area (Å²) in [6.45, 7) is 23.7. The summed E-state index contributed by atoms with van der Waals surface area (Å²) in [4.78, 5) is 39.0. The molecule has 25 nitrogen and oxygen atoms in total. The van der Waals surface area contributed by atoms with Crippen molar-refractivity contribution in [1.82, 2.24) is 80.7 Å². The largest absolute Gasteiger partial charge is 0.366 e. The highest BCUT2D eigenvalue weighted by molar-refractivity contribution is 5.61. The lowest BCUT2D eigenvalue weighted by molar-refractivity contribution is 0.611. The lowest BCUT2D eigenvalue weighted by Crippen LogP contribution is -2.09. The molecule has 0 aliphatic heterocycles. The third kappa shape index (κ3) is 20.6. The predicted molar refractivity (Wildman–Crippen MR) is 411 cm³/mol. The maximum atomic E-state index is 14.0. The lowest BCUT2D eigenvalue weighted by atomic mass is 10.1. The number of terminal acetylenes is 1. The fourth-order valence-corrected chi connectivity index (χ4v) is 11.6. The zero-order valence-corrected chi connectivity index (χ0v) is 60.1. The Hall–Kier alpha value is -12.6. The maximum Gasteiger partial charge on any atom is 0.187 e. The van der Waals surface area contributed by atoms with Gasteiger partial charge in [-0.25, -0.2) is 49.1 Å². The minimum atomic E-state index is -0.217. The Balaban J connectivity index is 0.000000124.